The molecule has 0 radical (unpaired) electrons. The average Bonchev–Trinajstić information content (AvgIpc) is 2.43. The van der Waals surface area contributed by atoms with Gasteiger partial charge in [0.05, 0.1) is 25.6 Å². The summed E-state index contributed by atoms with van der Waals surface area (Å²) in [7, 11) is 0. The third kappa shape index (κ3) is 4.67. The topological polar surface area (TPSA) is 53.3 Å². The van der Waals surface area contributed by atoms with Crippen LogP contribution >= 0.6 is 0 Å². The lowest BCUT2D eigenvalue weighted by Gasteiger charge is -2.33. The third-order valence-corrected chi connectivity index (χ3v) is 3.15. The summed E-state index contributed by atoms with van der Waals surface area (Å²) in [5.41, 5.74) is 1.05. The van der Waals surface area contributed by atoms with Gasteiger partial charge in [-0.05, 0) is 26.3 Å². The zero-order chi connectivity index (χ0) is 15.0. The van der Waals surface area contributed by atoms with Crippen molar-refractivity contribution in [2.45, 2.75) is 39.3 Å². The number of nitrogens with zero attached hydrogens (tertiary/aromatic N) is 2. The van der Waals surface area contributed by atoms with E-state index < -0.39 is 0 Å². The van der Waals surface area contributed by atoms with E-state index in [0.29, 0.717) is 13.0 Å². The van der Waals surface area contributed by atoms with E-state index in [1.165, 1.54) is 0 Å². The smallest absolute Gasteiger partial charge is 0.320 e. The summed E-state index contributed by atoms with van der Waals surface area (Å²) in [5.74, 6) is -0.250. The molecule has 0 fully saturated rings. The highest BCUT2D eigenvalue weighted by atomic mass is 16.5. The number of benzene rings is 1. The number of ether oxygens (including phenoxy) is 1. The Morgan fingerprint density at radius 1 is 1.35 bits per heavy atom. The molecule has 1 aromatic rings. The molecule has 0 bridgehead atoms. The number of hydrogen-bond acceptors (Lipinski definition) is 4. The number of rotatable bonds is 7. The van der Waals surface area contributed by atoms with Crippen LogP contribution in [0.3, 0.4) is 0 Å². The van der Waals surface area contributed by atoms with E-state index in [2.05, 4.69) is 6.07 Å². The van der Waals surface area contributed by atoms with E-state index in [-0.39, 0.29) is 24.6 Å². The van der Waals surface area contributed by atoms with Crippen molar-refractivity contribution < 1.29 is 9.53 Å². The molecule has 1 unspecified atom stereocenters. The van der Waals surface area contributed by atoms with E-state index in [1.807, 2.05) is 49.1 Å². The Morgan fingerprint density at radius 2 is 2.00 bits per heavy atom. The van der Waals surface area contributed by atoms with Crippen molar-refractivity contribution >= 4 is 5.97 Å². The molecule has 0 aromatic heterocycles. The maximum Gasteiger partial charge on any atom is 0.320 e. The summed E-state index contributed by atoms with van der Waals surface area (Å²) in [6, 6.07) is 12.1. The number of carbonyl (C=O) groups is 1. The van der Waals surface area contributed by atoms with Crippen LogP contribution in [0.4, 0.5) is 0 Å². The number of nitriles is 1. The van der Waals surface area contributed by atoms with E-state index in [9.17, 15) is 4.79 Å². The van der Waals surface area contributed by atoms with E-state index in [4.69, 9.17) is 10.00 Å². The highest BCUT2D eigenvalue weighted by molar-refractivity contribution is 5.71. The first-order valence-electron chi connectivity index (χ1n) is 6.93. The van der Waals surface area contributed by atoms with Crippen molar-refractivity contribution in [1.82, 2.24) is 4.90 Å². The van der Waals surface area contributed by atoms with E-state index in [0.717, 1.165) is 5.56 Å². The molecule has 0 heterocycles. The van der Waals surface area contributed by atoms with Gasteiger partial charge in [0.1, 0.15) is 0 Å². The molecule has 20 heavy (non-hydrogen) atoms. The molecule has 1 aromatic carbocycles. The lowest BCUT2D eigenvalue weighted by atomic mass is 10.0. The van der Waals surface area contributed by atoms with Crippen LogP contribution in [-0.2, 0) is 9.53 Å². The first-order chi connectivity index (χ1) is 9.60. The highest BCUT2D eigenvalue weighted by Crippen LogP contribution is 2.25. The highest BCUT2D eigenvalue weighted by Gasteiger charge is 2.25. The minimum absolute atomic E-state index is 0.0920. The maximum absolute atomic E-state index is 11.8. The quantitative estimate of drug-likeness (QED) is 0.717. The van der Waals surface area contributed by atoms with Gasteiger partial charge >= 0.3 is 5.97 Å². The minimum Gasteiger partial charge on any atom is -0.465 e. The first kappa shape index (κ1) is 16.2. The molecule has 0 spiro atoms. The first-order valence-corrected chi connectivity index (χ1v) is 6.93. The Morgan fingerprint density at radius 3 is 2.50 bits per heavy atom. The van der Waals surface area contributed by atoms with Crippen molar-refractivity contribution in [3.05, 3.63) is 35.9 Å². The summed E-state index contributed by atoms with van der Waals surface area (Å²) >= 11 is 0. The molecule has 108 valence electrons. The zero-order valence-electron chi connectivity index (χ0n) is 12.4. The van der Waals surface area contributed by atoms with Crippen LogP contribution in [-0.4, -0.2) is 30.1 Å². The van der Waals surface area contributed by atoms with Crippen LogP contribution in [0.5, 0.6) is 0 Å². The fraction of sp³-hybridized carbons (Fsp3) is 0.500. The Labute approximate surface area is 121 Å². The predicted molar refractivity (Wildman–Crippen MR) is 77.9 cm³/mol. The number of carbonyl (C=O) groups excluding carboxylic acids is 1. The molecule has 0 aliphatic rings. The van der Waals surface area contributed by atoms with Gasteiger partial charge in [0.2, 0.25) is 0 Å². The molecular weight excluding hydrogens is 252 g/mol. The molecule has 0 saturated carbocycles. The maximum atomic E-state index is 11.8. The molecule has 1 atom stereocenters. The average molecular weight is 274 g/mol. The number of hydrogen-bond donors (Lipinski definition) is 0. The lowest BCUT2D eigenvalue weighted by Crippen LogP contribution is -2.39. The Balaban J connectivity index is 2.95. The van der Waals surface area contributed by atoms with E-state index in [1.54, 1.807) is 6.92 Å². The van der Waals surface area contributed by atoms with Crippen LogP contribution in [0.15, 0.2) is 30.3 Å². The van der Waals surface area contributed by atoms with Crippen molar-refractivity contribution in [1.29, 1.82) is 5.26 Å². The second-order valence-electron chi connectivity index (χ2n) is 4.86. The SMILES string of the molecule is CCOC(=O)CN(C(C)C)C(CC#N)c1ccccc1. The molecule has 4 nitrogen and oxygen atoms in total. The summed E-state index contributed by atoms with van der Waals surface area (Å²) in [4.78, 5) is 13.8. The minimum atomic E-state index is -0.250. The second-order valence-corrected chi connectivity index (χ2v) is 4.86. The molecule has 0 aliphatic carbocycles. The van der Waals surface area contributed by atoms with Gasteiger partial charge in [-0.25, -0.2) is 0 Å². The molecule has 0 amide bonds. The standard InChI is InChI=1S/C16H22N2O2/c1-4-20-16(19)12-18(13(2)3)15(10-11-17)14-8-6-5-7-9-14/h5-9,13,15H,4,10,12H2,1-3H3. The van der Waals surface area contributed by atoms with Gasteiger partial charge in [-0.15, -0.1) is 0 Å². The lowest BCUT2D eigenvalue weighted by molar-refractivity contribution is -0.145. The normalized spacial score (nSPS) is 12.2. The van der Waals surface area contributed by atoms with Gasteiger partial charge in [0, 0.05) is 12.1 Å². The third-order valence-electron chi connectivity index (χ3n) is 3.15. The zero-order valence-corrected chi connectivity index (χ0v) is 12.4. The van der Waals surface area contributed by atoms with Crippen molar-refractivity contribution in [3.8, 4) is 6.07 Å². The van der Waals surface area contributed by atoms with Crippen LogP contribution < -0.4 is 0 Å². The largest absolute Gasteiger partial charge is 0.465 e. The van der Waals surface area contributed by atoms with Gasteiger partial charge < -0.3 is 4.74 Å². The van der Waals surface area contributed by atoms with Gasteiger partial charge in [0.25, 0.3) is 0 Å². The van der Waals surface area contributed by atoms with Gasteiger partial charge in [-0.2, -0.15) is 5.26 Å². The summed E-state index contributed by atoms with van der Waals surface area (Å²) in [6.07, 6.45) is 0.349. The second kappa shape index (κ2) is 8.34. The Bertz CT molecular complexity index is 451. The molecule has 0 saturated heterocycles. The molecule has 0 N–H and O–H groups in total. The molecule has 4 heteroatoms. The summed E-state index contributed by atoms with van der Waals surface area (Å²) in [5, 5.41) is 9.07. The monoisotopic (exact) mass is 274 g/mol. The van der Waals surface area contributed by atoms with Crippen LogP contribution in [0, 0.1) is 11.3 Å². The fourth-order valence-corrected chi connectivity index (χ4v) is 2.20. The summed E-state index contributed by atoms with van der Waals surface area (Å²) < 4.78 is 5.02. The van der Waals surface area contributed by atoms with Gasteiger partial charge in [-0.3, -0.25) is 9.69 Å². The van der Waals surface area contributed by atoms with E-state index >= 15 is 0 Å². The molecular formula is C16H22N2O2. The van der Waals surface area contributed by atoms with Crippen molar-refractivity contribution in [2.75, 3.05) is 13.2 Å². The Hall–Kier alpha value is -1.86. The molecule has 1 rings (SSSR count). The van der Waals surface area contributed by atoms with Crippen molar-refractivity contribution in [3.63, 3.8) is 0 Å². The number of esters is 1. The predicted octanol–water partition coefficient (Wildman–Crippen LogP) is 2.91. The van der Waals surface area contributed by atoms with Gasteiger partial charge in [-0.1, -0.05) is 30.3 Å². The Kier molecular flexibility index (Phi) is 6.75. The fourth-order valence-electron chi connectivity index (χ4n) is 2.20. The van der Waals surface area contributed by atoms with Crippen LogP contribution in [0.25, 0.3) is 0 Å². The van der Waals surface area contributed by atoms with Crippen molar-refractivity contribution in [2.24, 2.45) is 0 Å². The van der Waals surface area contributed by atoms with Crippen LogP contribution in [0.2, 0.25) is 0 Å². The van der Waals surface area contributed by atoms with Gasteiger partial charge in [0.15, 0.2) is 0 Å². The van der Waals surface area contributed by atoms with Crippen LogP contribution in [0.1, 0.15) is 38.8 Å². The molecule has 0 aliphatic heterocycles. The summed E-state index contributed by atoms with van der Waals surface area (Å²) in [6.45, 7) is 6.41.